The molecule has 27 heavy (non-hydrogen) atoms. The van der Waals surface area contributed by atoms with Gasteiger partial charge < -0.3 is 15.0 Å². The highest BCUT2D eigenvalue weighted by atomic mass is 32.1. The first-order valence-corrected chi connectivity index (χ1v) is 10.0. The predicted molar refractivity (Wildman–Crippen MR) is 109 cm³/mol. The summed E-state index contributed by atoms with van der Waals surface area (Å²) in [5.41, 5.74) is 1.71. The van der Waals surface area contributed by atoms with E-state index >= 15 is 0 Å². The summed E-state index contributed by atoms with van der Waals surface area (Å²) < 4.78 is 5.42. The van der Waals surface area contributed by atoms with Crippen molar-refractivity contribution in [3.8, 4) is 5.75 Å². The quantitative estimate of drug-likeness (QED) is 0.852. The van der Waals surface area contributed by atoms with E-state index in [1.807, 2.05) is 29.6 Å². The standard InChI is InChI=1S/C21H26N2O3S/c1-21(2,3)14-9-10-17(26-4)15(13-14)22-19(24)16-7-5-11-23(16)20(25)18-8-6-12-27-18/h6,8-10,12-13,16H,5,7,11H2,1-4H3,(H,22,24)/t16-/m1/s1. The number of hydrogen-bond acceptors (Lipinski definition) is 4. The van der Waals surface area contributed by atoms with Gasteiger partial charge in [0.2, 0.25) is 5.91 Å². The highest BCUT2D eigenvalue weighted by Gasteiger charge is 2.35. The number of benzene rings is 1. The highest BCUT2D eigenvalue weighted by molar-refractivity contribution is 7.12. The van der Waals surface area contributed by atoms with Crippen LogP contribution in [0.1, 0.15) is 48.8 Å². The van der Waals surface area contributed by atoms with Crippen molar-refractivity contribution in [1.29, 1.82) is 0 Å². The molecule has 1 N–H and O–H groups in total. The number of carbonyl (C=O) groups excluding carboxylic acids is 2. The summed E-state index contributed by atoms with van der Waals surface area (Å²) in [6, 6.07) is 9.04. The molecule has 0 aliphatic carbocycles. The number of thiophene rings is 1. The number of carbonyl (C=O) groups is 2. The van der Waals surface area contributed by atoms with E-state index < -0.39 is 6.04 Å². The van der Waals surface area contributed by atoms with Gasteiger partial charge in [0.25, 0.3) is 5.91 Å². The van der Waals surface area contributed by atoms with E-state index in [9.17, 15) is 9.59 Å². The number of nitrogens with one attached hydrogen (secondary N) is 1. The molecule has 3 rings (SSSR count). The van der Waals surface area contributed by atoms with E-state index in [0.29, 0.717) is 29.3 Å². The maximum absolute atomic E-state index is 13.0. The van der Waals surface area contributed by atoms with Crippen molar-refractivity contribution in [1.82, 2.24) is 4.90 Å². The molecule has 0 bridgehead atoms. The molecule has 2 amide bonds. The molecule has 1 atom stereocenters. The monoisotopic (exact) mass is 386 g/mol. The Labute approximate surface area is 164 Å². The number of rotatable bonds is 4. The number of amides is 2. The lowest BCUT2D eigenvalue weighted by molar-refractivity contribution is -0.119. The number of methoxy groups -OCH3 is 1. The lowest BCUT2D eigenvalue weighted by atomic mass is 9.87. The molecule has 6 heteroatoms. The smallest absolute Gasteiger partial charge is 0.264 e. The average molecular weight is 387 g/mol. The Morgan fingerprint density at radius 3 is 2.67 bits per heavy atom. The summed E-state index contributed by atoms with van der Waals surface area (Å²) in [6.45, 7) is 6.98. The van der Waals surface area contributed by atoms with Gasteiger partial charge in [-0.05, 0) is 47.4 Å². The second-order valence-electron chi connectivity index (χ2n) is 7.79. The van der Waals surface area contributed by atoms with Gasteiger partial charge in [0.1, 0.15) is 11.8 Å². The van der Waals surface area contributed by atoms with Gasteiger partial charge in [0, 0.05) is 6.54 Å². The first-order chi connectivity index (χ1) is 12.8. The van der Waals surface area contributed by atoms with Crippen LogP contribution in [0, 0.1) is 0 Å². The minimum Gasteiger partial charge on any atom is -0.495 e. The van der Waals surface area contributed by atoms with Gasteiger partial charge in [-0.3, -0.25) is 9.59 Å². The largest absolute Gasteiger partial charge is 0.495 e. The molecule has 144 valence electrons. The van der Waals surface area contributed by atoms with Crippen molar-refractivity contribution in [2.24, 2.45) is 0 Å². The fourth-order valence-corrected chi connectivity index (χ4v) is 3.99. The maximum Gasteiger partial charge on any atom is 0.264 e. The SMILES string of the molecule is COc1ccc(C(C)(C)C)cc1NC(=O)[C@H]1CCCN1C(=O)c1cccs1. The summed E-state index contributed by atoms with van der Waals surface area (Å²) in [7, 11) is 1.59. The second-order valence-corrected chi connectivity index (χ2v) is 8.74. The molecule has 0 saturated carbocycles. The Bertz CT molecular complexity index is 824. The van der Waals surface area contributed by atoms with Crippen LogP contribution in [-0.2, 0) is 10.2 Å². The Balaban J connectivity index is 1.81. The number of hydrogen-bond donors (Lipinski definition) is 1. The molecule has 0 spiro atoms. The molecule has 0 radical (unpaired) electrons. The van der Waals surface area contributed by atoms with Crippen LogP contribution >= 0.6 is 11.3 Å². The van der Waals surface area contributed by atoms with Crippen molar-refractivity contribution in [3.63, 3.8) is 0 Å². The first kappa shape index (κ1) is 19.4. The fourth-order valence-electron chi connectivity index (χ4n) is 3.31. The molecular formula is C21H26N2O3S. The van der Waals surface area contributed by atoms with Gasteiger partial charge in [-0.1, -0.05) is 32.9 Å². The van der Waals surface area contributed by atoms with Gasteiger partial charge in [0.05, 0.1) is 17.7 Å². The molecule has 1 aromatic carbocycles. The molecule has 1 aliphatic heterocycles. The van der Waals surface area contributed by atoms with Crippen molar-refractivity contribution in [2.45, 2.75) is 45.1 Å². The molecule has 1 aromatic heterocycles. The molecule has 1 aliphatic rings. The zero-order valence-electron chi connectivity index (χ0n) is 16.2. The van der Waals surface area contributed by atoms with Crippen LogP contribution in [0.4, 0.5) is 5.69 Å². The zero-order valence-corrected chi connectivity index (χ0v) is 17.1. The van der Waals surface area contributed by atoms with E-state index in [0.717, 1.165) is 12.0 Å². The maximum atomic E-state index is 13.0. The minimum atomic E-state index is -0.456. The lowest BCUT2D eigenvalue weighted by Crippen LogP contribution is -2.43. The molecule has 1 saturated heterocycles. The average Bonchev–Trinajstić information content (AvgIpc) is 3.32. The van der Waals surface area contributed by atoms with Crippen LogP contribution in [0.5, 0.6) is 5.75 Å². The van der Waals surface area contributed by atoms with Gasteiger partial charge in [-0.2, -0.15) is 0 Å². The summed E-state index contributed by atoms with van der Waals surface area (Å²) >= 11 is 1.40. The van der Waals surface area contributed by atoms with Crippen LogP contribution in [0.3, 0.4) is 0 Å². The van der Waals surface area contributed by atoms with Crippen LogP contribution in [0.2, 0.25) is 0 Å². The zero-order chi connectivity index (χ0) is 19.6. The van der Waals surface area contributed by atoms with Gasteiger partial charge in [-0.15, -0.1) is 11.3 Å². The first-order valence-electron chi connectivity index (χ1n) is 9.15. The summed E-state index contributed by atoms with van der Waals surface area (Å²) in [5.74, 6) is 0.380. The summed E-state index contributed by atoms with van der Waals surface area (Å²) in [4.78, 5) is 28.0. The number of ether oxygens (including phenoxy) is 1. The molecule has 2 aromatic rings. The highest BCUT2D eigenvalue weighted by Crippen LogP contribution is 2.32. The van der Waals surface area contributed by atoms with Crippen molar-refractivity contribution in [3.05, 3.63) is 46.2 Å². The van der Waals surface area contributed by atoms with Crippen molar-refractivity contribution >= 4 is 28.8 Å². The molecule has 1 fully saturated rings. The third-order valence-corrected chi connectivity index (χ3v) is 5.73. The van der Waals surface area contributed by atoms with Gasteiger partial charge in [-0.25, -0.2) is 0 Å². The van der Waals surface area contributed by atoms with Gasteiger partial charge >= 0.3 is 0 Å². The second kappa shape index (κ2) is 7.72. The lowest BCUT2D eigenvalue weighted by Gasteiger charge is -2.25. The molecule has 2 heterocycles. The summed E-state index contributed by atoms with van der Waals surface area (Å²) in [5, 5.41) is 4.87. The Morgan fingerprint density at radius 2 is 2.04 bits per heavy atom. The number of likely N-dealkylation sites (tertiary alicyclic amines) is 1. The van der Waals surface area contributed by atoms with Crippen molar-refractivity contribution in [2.75, 3.05) is 19.0 Å². The third kappa shape index (κ3) is 4.16. The number of anilines is 1. The topological polar surface area (TPSA) is 58.6 Å². The predicted octanol–water partition coefficient (Wildman–Crippen LogP) is 4.30. The normalized spacial score (nSPS) is 17.0. The third-order valence-electron chi connectivity index (χ3n) is 4.87. The fraction of sp³-hybridized carbons (Fsp3) is 0.429. The van der Waals surface area contributed by atoms with E-state index in [1.54, 1.807) is 18.1 Å². The van der Waals surface area contributed by atoms with Crippen LogP contribution in [0.15, 0.2) is 35.7 Å². The molecule has 0 unspecified atom stereocenters. The Kier molecular flexibility index (Phi) is 5.56. The Hall–Kier alpha value is -2.34. The minimum absolute atomic E-state index is 0.0414. The van der Waals surface area contributed by atoms with Crippen LogP contribution < -0.4 is 10.1 Å². The van der Waals surface area contributed by atoms with Gasteiger partial charge in [0.15, 0.2) is 0 Å². The molecular weight excluding hydrogens is 360 g/mol. The Morgan fingerprint density at radius 1 is 1.26 bits per heavy atom. The van der Waals surface area contributed by atoms with E-state index in [1.165, 1.54) is 11.3 Å². The van der Waals surface area contributed by atoms with E-state index in [4.69, 9.17) is 4.74 Å². The van der Waals surface area contributed by atoms with Crippen LogP contribution in [0.25, 0.3) is 0 Å². The number of nitrogens with zero attached hydrogens (tertiary/aromatic N) is 1. The van der Waals surface area contributed by atoms with Crippen molar-refractivity contribution < 1.29 is 14.3 Å². The molecule has 5 nitrogen and oxygen atoms in total. The van der Waals surface area contributed by atoms with Crippen LogP contribution in [-0.4, -0.2) is 36.4 Å². The van der Waals surface area contributed by atoms with E-state index in [-0.39, 0.29) is 17.2 Å². The summed E-state index contributed by atoms with van der Waals surface area (Å²) in [6.07, 6.45) is 1.50. The van der Waals surface area contributed by atoms with E-state index in [2.05, 4.69) is 26.1 Å².